The summed E-state index contributed by atoms with van der Waals surface area (Å²) in [7, 11) is 1.68. The van der Waals surface area contributed by atoms with Crippen LogP contribution in [0.4, 0.5) is 5.13 Å². The molecule has 1 saturated carbocycles. The van der Waals surface area contributed by atoms with Gasteiger partial charge in [0.1, 0.15) is 11.4 Å². The number of fused-ring (bicyclic) bond motifs is 1. The fraction of sp³-hybridized carbons (Fsp3) is 0.308. The maximum absolute atomic E-state index is 13.7. The lowest BCUT2D eigenvalue weighted by Crippen LogP contribution is -2.35. The molecule has 33 heavy (non-hydrogen) atoms. The van der Waals surface area contributed by atoms with Crippen molar-refractivity contribution in [3.8, 4) is 16.2 Å². The number of nitrogens with one attached hydrogen (secondary N) is 1. The number of aromatic amines is 1. The number of methoxy groups -OCH3 is 1. The lowest BCUT2D eigenvalue weighted by Gasteiger charge is -2.22. The molecule has 2 aromatic heterocycles. The highest BCUT2D eigenvalue weighted by atomic mass is 32.1. The molecule has 3 N–H and O–H groups in total. The van der Waals surface area contributed by atoms with Crippen LogP contribution in [-0.4, -0.2) is 41.0 Å². The molecule has 5 rings (SSSR count). The summed E-state index contributed by atoms with van der Waals surface area (Å²) in [5.74, 6) is 1.37. The van der Waals surface area contributed by atoms with Gasteiger partial charge in [-0.15, -0.1) is 0 Å². The van der Waals surface area contributed by atoms with Crippen molar-refractivity contribution in [2.24, 2.45) is 5.92 Å². The molecule has 0 atom stereocenters. The standard InChI is InChI=1S/C26H28N4O2S/c1-16-5-3-6-18(13-16)24-23(29-26(27)33-24)25(31)30(15-17-9-10-17)12-11-19-14-28-22-20(19)7-4-8-21(22)32-2/h3-8,13-14,17,28H,9-12,15H2,1-2H3,(H2,27,29). The Morgan fingerprint density at radius 1 is 1.27 bits per heavy atom. The second-order valence-corrected chi connectivity index (χ2v) is 9.77. The average molecular weight is 461 g/mol. The van der Waals surface area contributed by atoms with Crippen LogP contribution in [0.2, 0.25) is 0 Å². The van der Waals surface area contributed by atoms with Gasteiger partial charge in [-0.3, -0.25) is 4.79 Å². The summed E-state index contributed by atoms with van der Waals surface area (Å²) in [6, 6.07) is 14.2. The van der Waals surface area contributed by atoms with Gasteiger partial charge in [-0.1, -0.05) is 53.3 Å². The Labute approximate surface area is 197 Å². The monoisotopic (exact) mass is 460 g/mol. The molecular formula is C26H28N4O2S. The van der Waals surface area contributed by atoms with Crippen molar-refractivity contribution in [2.45, 2.75) is 26.2 Å². The van der Waals surface area contributed by atoms with Crippen LogP contribution in [0.3, 0.4) is 0 Å². The lowest BCUT2D eigenvalue weighted by atomic mass is 10.1. The van der Waals surface area contributed by atoms with Crippen LogP contribution in [0.5, 0.6) is 5.75 Å². The summed E-state index contributed by atoms with van der Waals surface area (Å²) in [6.45, 7) is 3.43. The van der Waals surface area contributed by atoms with E-state index >= 15 is 0 Å². The highest BCUT2D eigenvalue weighted by Gasteiger charge is 2.30. The van der Waals surface area contributed by atoms with E-state index in [1.807, 2.05) is 48.4 Å². The Morgan fingerprint density at radius 2 is 2.09 bits per heavy atom. The molecule has 6 nitrogen and oxygen atoms in total. The van der Waals surface area contributed by atoms with Crippen molar-refractivity contribution in [2.75, 3.05) is 25.9 Å². The highest BCUT2D eigenvalue weighted by molar-refractivity contribution is 7.19. The summed E-state index contributed by atoms with van der Waals surface area (Å²) in [6.07, 6.45) is 5.13. The second kappa shape index (κ2) is 8.90. The molecule has 0 bridgehead atoms. The maximum Gasteiger partial charge on any atom is 0.274 e. The van der Waals surface area contributed by atoms with Crippen molar-refractivity contribution < 1.29 is 9.53 Å². The number of aryl methyl sites for hydroxylation is 1. The molecule has 0 unspecified atom stereocenters. The number of amides is 1. The molecule has 0 spiro atoms. The minimum atomic E-state index is -0.0382. The molecule has 1 amide bonds. The number of hydrogen-bond acceptors (Lipinski definition) is 5. The molecule has 0 saturated heterocycles. The average Bonchev–Trinajstić information content (AvgIpc) is 3.41. The Kier molecular flexibility index (Phi) is 5.81. The van der Waals surface area contributed by atoms with Crippen LogP contribution in [0.25, 0.3) is 21.3 Å². The number of nitrogen functional groups attached to an aromatic ring is 1. The topological polar surface area (TPSA) is 84.2 Å². The van der Waals surface area contributed by atoms with Gasteiger partial charge in [0.15, 0.2) is 5.13 Å². The minimum Gasteiger partial charge on any atom is -0.495 e. The van der Waals surface area contributed by atoms with E-state index in [2.05, 4.69) is 22.1 Å². The van der Waals surface area contributed by atoms with Gasteiger partial charge in [0.2, 0.25) is 0 Å². The Morgan fingerprint density at radius 3 is 2.85 bits per heavy atom. The van der Waals surface area contributed by atoms with Gasteiger partial charge in [-0.25, -0.2) is 4.98 Å². The van der Waals surface area contributed by atoms with Gasteiger partial charge >= 0.3 is 0 Å². The van der Waals surface area contributed by atoms with Crippen molar-refractivity contribution in [1.82, 2.24) is 14.9 Å². The van der Waals surface area contributed by atoms with E-state index in [-0.39, 0.29) is 5.91 Å². The van der Waals surface area contributed by atoms with E-state index in [0.717, 1.165) is 45.6 Å². The van der Waals surface area contributed by atoms with E-state index in [9.17, 15) is 4.79 Å². The van der Waals surface area contributed by atoms with Crippen molar-refractivity contribution in [3.05, 3.63) is 65.5 Å². The largest absolute Gasteiger partial charge is 0.495 e. The molecule has 1 fully saturated rings. The van der Waals surface area contributed by atoms with E-state index in [0.29, 0.717) is 23.3 Å². The number of rotatable bonds is 8. The van der Waals surface area contributed by atoms with Gasteiger partial charge < -0.3 is 20.4 Å². The molecule has 0 aliphatic heterocycles. The van der Waals surface area contributed by atoms with Gasteiger partial charge in [-0.2, -0.15) is 0 Å². The molecule has 170 valence electrons. The van der Waals surface area contributed by atoms with Gasteiger partial charge in [0.25, 0.3) is 5.91 Å². The summed E-state index contributed by atoms with van der Waals surface area (Å²) in [5, 5.41) is 1.55. The first-order valence-corrected chi connectivity index (χ1v) is 12.1. The van der Waals surface area contributed by atoms with Crippen LogP contribution in [-0.2, 0) is 6.42 Å². The predicted molar refractivity (Wildman–Crippen MR) is 134 cm³/mol. The number of carbonyl (C=O) groups is 1. The smallest absolute Gasteiger partial charge is 0.274 e. The lowest BCUT2D eigenvalue weighted by molar-refractivity contribution is 0.0745. The predicted octanol–water partition coefficient (Wildman–Crippen LogP) is 5.29. The van der Waals surface area contributed by atoms with Gasteiger partial charge in [0, 0.05) is 24.7 Å². The quantitative estimate of drug-likeness (QED) is 0.374. The van der Waals surface area contributed by atoms with E-state index in [4.69, 9.17) is 10.5 Å². The third-order valence-electron chi connectivity index (χ3n) is 6.22. The third kappa shape index (κ3) is 4.46. The number of benzene rings is 2. The number of anilines is 1. The zero-order valence-electron chi connectivity index (χ0n) is 18.9. The minimum absolute atomic E-state index is 0.0382. The van der Waals surface area contributed by atoms with Crippen molar-refractivity contribution in [3.63, 3.8) is 0 Å². The molecule has 2 aromatic carbocycles. The molecule has 7 heteroatoms. The number of para-hydroxylation sites is 1. The van der Waals surface area contributed by atoms with E-state index < -0.39 is 0 Å². The first-order chi connectivity index (χ1) is 16.0. The molecule has 1 aliphatic carbocycles. The third-order valence-corrected chi connectivity index (χ3v) is 7.16. The van der Waals surface area contributed by atoms with Crippen molar-refractivity contribution in [1.29, 1.82) is 0 Å². The molecule has 1 aliphatic rings. The SMILES string of the molecule is COc1cccc2c(CCN(CC3CC3)C(=O)c3nc(N)sc3-c3cccc(C)c3)c[nH]c12. The number of aromatic nitrogens is 2. The number of ether oxygens (including phenoxy) is 1. The van der Waals surface area contributed by atoms with Gasteiger partial charge in [-0.05, 0) is 49.3 Å². The second-order valence-electron chi connectivity index (χ2n) is 8.74. The number of nitrogens with two attached hydrogens (primary N) is 1. The summed E-state index contributed by atoms with van der Waals surface area (Å²) < 4.78 is 5.47. The fourth-order valence-corrected chi connectivity index (χ4v) is 5.14. The normalized spacial score (nSPS) is 13.4. The molecular weight excluding hydrogens is 432 g/mol. The number of carbonyl (C=O) groups excluding carboxylic acids is 1. The Balaban J connectivity index is 1.42. The van der Waals surface area contributed by atoms with Crippen LogP contribution in [0.15, 0.2) is 48.7 Å². The zero-order valence-corrected chi connectivity index (χ0v) is 19.7. The van der Waals surface area contributed by atoms with E-state index in [1.54, 1.807) is 7.11 Å². The molecule has 0 radical (unpaired) electrons. The van der Waals surface area contributed by atoms with Gasteiger partial charge in [0.05, 0.1) is 17.5 Å². The Hall–Kier alpha value is -3.32. The fourth-order valence-electron chi connectivity index (χ4n) is 4.32. The number of hydrogen-bond donors (Lipinski definition) is 2. The maximum atomic E-state index is 13.7. The summed E-state index contributed by atoms with van der Waals surface area (Å²) in [5.41, 5.74) is 10.8. The molecule has 4 aromatic rings. The number of thiazole rings is 1. The van der Waals surface area contributed by atoms with Crippen molar-refractivity contribution >= 4 is 33.3 Å². The summed E-state index contributed by atoms with van der Waals surface area (Å²) in [4.78, 5) is 24.3. The highest BCUT2D eigenvalue weighted by Crippen LogP contribution is 2.35. The molecule has 2 heterocycles. The first kappa shape index (κ1) is 21.5. The van der Waals surface area contributed by atoms with Crippen LogP contribution in [0.1, 0.15) is 34.5 Å². The number of nitrogens with zero attached hydrogens (tertiary/aromatic N) is 2. The Bertz CT molecular complexity index is 1300. The number of H-pyrrole nitrogens is 1. The first-order valence-electron chi connectivity index (χ1n) is 11.3. The van der Waals surface area contributed by atoms with Crippen LogP contribution < -0.4 is 10.5 Å². The zero-order chi connectivity index (χ0) is 22.9. The summed E-state index contributed by atoms with van der Waals surface area (Å²) >= 11 is 1.38. The van der Waals surface area contributed by atoms with E-state index in [1.165, 1.54) is 29.7 Å². The van der Waals surface area contributed by atoms with Crippen LogP contribution in [0, 0.1) is 12.8 Å². The van der Waals surface area contributed by atoms with Crippen LogP contribution >= 0.6 is 11.3 Å².